The molecule has 0 saturated carbocycles. The summed E-state index contributed by atoms with van der Waals surface area (Å²) < 4.78 is 0.844. The monoisotopic (exact) mass is 606 g/mol. The van der Waals surface area contributed by atoms with Gasteiger partial charge >= 0.3 is 5.97 Å². The van der Waals surface area contributed by atoms with Crippen molar-refractivity contribution in [3.63, 3.8) is 0 Å². The summed E-state index contributed by atoms with van der Waals surface area (Å²) in [4.78, 5) is 30.7. The van der Waals surface area contributed by atoms with Gasteiger partial charge in [0.2, 0.25) is 0 Å². The molecule has 2 unspecified atom stereocenters. The van der Waals surface area contributed by atoms with E-state index in [2.05, 4.69) is 42.0 Å². The topological polar surface area (TPSA) is 79.3 Å². The average Bonchev–Trinajstić information content (AvgIpc) is 2.85. The maximum absolute atomic E-state index is 14.1. The third-order valence-corrected chi connectivity index (χ3v) is 7.90. The van der Waals surface area contributed by atoms with Gasteiger partial charge in [0.25, 0.3) is 5.91 Å². The molecule has 4 rings (SSSR count). The highest BCUT2D eigenvalue weighted by Gasteiger charge is 2.36. The predicted molar refractivity (Wildman–Crippen MR) is 163 cm³/mol. The number of amides is 1. The van der Waals surface area contributed by atoms with Crippen molar-refractivity contribution in [1.82, 2.24) is 4.98 Å². The fraction of sp³-hybridized carbons (Fsp3) is 0.281. The Bertz CT molecular complexity index is 1550. The van der Waals surface area contributed by atoms with Crippen LogP contribution in [0.3, 0.4) is 0 Å². The molecule has 0 aliphatic rings. The van der Waals surface area contributed by atoms with Crippen molar-refractivity contribution in [2.24, 2.45) is 11.3 Å². The van der Waals surface area contributed by atoms with Crippen LogP contribution in [0.2, 0.25) is 5.02 Å². The highest BCUT2D eigenvalue weighted by atomic mass is 79.9. The van der Waals surface area contributed by atoms with E-state index in [0.717, 1.165) is 32.2 Å². The van der Waals surface area contributed by atoms with E-state index < -0.39 is 5.97 Å². The van der Waals surface area contributed by atoms with Crippen LogP contribution in [0.15, 0.2) is 71.2 Å². The number of hydrogen-bond donors (Lipinski definition) is 2. The summed E-state index contributed by atoms with van der Waals surface area (Å²) in [5, 5.41) is 13.9. The number of hydrogen-bond acceptors (Lipinski definition) is 3. The van der Waals surface area contributed by atoms with E-state index in [1.807, 2.05) is 68.4 Å². The number of benzene rings is 3. The molecule has 0 aliphatic carbocycles. The highest BCUT2D eigenvalue weighted by molar-refractivity contribution is 9.10. The molecule has 0 spiro atoms. The second-order valence-electron chi connectivity index (χ2n) is 11.1. The number of halogens is 2. The molecule has 0 radical (unpaired) electrons. The molecule has 5 nitrogen and oxygen atoms in total. The molecule has 1 amide bonds. The molecule has 0 bridgehead atoms. The Hall–Kier alpha value is -3.22. The second kappa shape index (κ2) is 11.5. The number of carboxylic acid groups (broad SMARTS) is 1. The van der Waals surface area contributed by atoms with Crippen LogP contribution >= 0.6 is 27.5 Å². The number of nitrogens with zero attached hydrogens (tertiary/aromatic N) is 1. The van der Waals surface area contributed by atoms with Crippen molar-refractivity contribution < 1.29 is 14.7 Å². The number of carbonyl (C=O) groups excluding carboxylic acids is 1. The molecule has 3 aromatic carbocycles. The van der Waals surface area contributed by atoms with E-state index in [4.69, 9.17) is 16.6 Å². The average molecular weight is 608 g/mol. The van der Waals surface area contributed by atoms with Gasteiger partial charge in [-0.05, 0) is 65.6 Å². The smallest absolute Gasteiger partial charge is 0.303 e. The van der Waals surface area contributed by atoms with Crippen LogP contribution in [-0.2, 0) is 4.79 Å². The zero-order valence-corrected chi connectivity index (χ0v) is 25.0. The van der Waals surface area contributed by atoms with Crippen LogP contribution in [-0.4, -0.2) is 22.0 Å². The number of nitrogens with one attached hydrogen (secondary N) is 1. The van der Waals surface area contributed by atoms with Crippen LogP contribution < -0.4 is 5.32 Å². The van der Waals surface area contributed by atoms with Gasteiger partial charge < -0.3 is 10.4 Å². The Labute approximate surface area is 242 Å². The fourth-order valence-electron chi connectivity index (χ4n) is 5.61. The number of carboxylic acids is 1. The fourth-order valence-corrected chi connectivity index (χ4v) is 6.26. The minimum Gasteiger partial charge on any atom is -0.481 e. The SMILES string of the molecule is Cc1c(-c2ccccc2)nc2ccc(Br)cc2c1C(=O)Nc1cccc(Cl)c1C(C(C)CC(=O)O)C(C)(C)C. The van der Waals surface area contributed by atoms with Gasteiger partial charge in [-0.2, -0.15) is 0 Å². The largest absolute Gasteiger partial charge is 0.481 e. The Morgan fingerprint density at radius 2 is 1.74 bits per heavy atom. The summed E-state index contributed by atoms with van der Waals surface area (Å²) >= 11 is 10.3. The first-order valence-corrected chi connectivity index (χ1v) is 14.0. The van der Waals surface area contributed by atoms with Gasteiger partial charge in [-0.25, -0.2) is 4.98 Å². The quantitative estimate of drug-likeness (QED) is 0.220. The number of rotatable bonds is 7. The minimum absolute atomic E-state index is 0.0108. The molecule has 39 heavy (non-hydrogen) atoms. The van der Waals surface area contributed by atoms with Gasteiger partial charge in [0.1, 0.15) is 0 Å². The van der Waals surface area contributed by atoms with E-state index in [1.165, 1.54) is 0 Å². The summed E-state index contributed by atoms with van der Waals surface area (Å²) in [7, 11) is 0. The number of pyridine rings is 1. The van der Waals surface area contributed by atoms with E-state index in [-0.39, 0.29) is 29.6 Å². The Morgan fingerprint density at radius 3 is 2.38 bits per heavy atom. The molecule has 2 atom stereocenters. The third kappa shape index (κ3) is 6.18. The molecule has 1 heterocycles. The summed E-state index contributed by atoms with van der Waals surface area (Å²) in [6.45, 7) is 10.0. The van der Waals surface area contributed by atoms with Crippen LogP contribution in [0, 0.1) is 18.3 Å². The standard InChI is InChI=1S/C32H32BrClN2O3/c1-18(16-26(37)38)29(32(3,4)5)28-23(34)12-9-13-25(28)36-31(39)27-19(2)30(20-10-7-6-8-11-20)35-24-15-14-21(33)17-22(24)27/h6-15,17-18,29H,16H2,1-5H3,(H,36,39)(H,37,38). The van der Waals surface area contributed by atoms with Crippen molar-refractivity contribution in [3.05, 3.63) is 92.9 Å². The van der Waals surface area contributed by atoms with Crippen molar-refractivity contribution in [2.75, 3.05) is 5.32 Å². The van der Waals surface area contributed by atoms with Crippen LogP contribution in [0.25, 0.3) is 22.2 Å². The van der Waals surface area contributed by atoms with Crippen molar-refractivity contribution in [1.29, 1.82) is 0 Å². The molecule has 1 aromatic heterocycles. The third-order valence-electron chi connectivity index (χ3n) is 7.08. The zero-order chi connectivity index (χ0) is 28.5. The number of aromatic nitrogens is 1. The van der Waals surface area contributed by atoms with Crippen LogP contribution in [0.1, 0.15) is 61.5 Å². The number of anilines is 1. The maximum atomic E-state index is 14.1. The lowest BCUT2D eigenvalue weighted by Gasteiger charge is -2.37. The number of fused-ring (bicyclic) bond motifs is 1. The molecule has 7 heteroatoms. The van der Waals surface area contributed by atoms with Crippen molar-refractivity contribution in [2.45, 2.75) is 47.0 Å². The first kappa shape index (κ1) is 28.8. The minimum atomic E-state index is -0.868. The molecule has 4 aromatic rings. The van der Waals surface area contributed by atoms with Gasteiger partial charge in [0.15, 0.2) is 0 Å². The van der Waals surface area contributed by atoms with E-state index in [9.17, 15) is 14.7 Å². The normalized spacial score (nSPS) is 13.2. The Morgan fingerprint density at radius 1 is 1.05 bits per heavy atom. The highest BCUT2D eigenvalue weighted by Crippen LogP contribution is 2.47. The molecule has 0 aliphatic heterocycles. The van der Waals surface area contributed by atoms with Crippen LogP contribution in [0.4, 0.5) is 5.69 Å². The maximum Gasteiger partial charge on any atom is 0.303 e. The Balaban J connectivity index is 1.88. The zero-order valence-electron chi connectivity index (χ0n) is 22.7. The first-order chi connectivity index (χ1) is 18.4. The number of carbonyl (C=O) groups is 2. The summed E-state index contributed by atoms with van der Waals surface area (Å²) in [5.74, 6) is -1.59. The summed E-state index contributed by atoms with van der Waals surface area (Å²) in [6, 6.07) is 20.9. The lowest BCUT2D eigenvalue weighted by atomic mass is 9.68. The molecule has 0 fully saturated rings. The lowest BCUT2D eigenvalue weighted by Crippen LogP contribution is -2.28. The second-order valence-corrected chi connectivity index (χ2v) is 12.4. The molecule has 0 saturated heterocycles. The predicted octanol–water partition coefficient (Wildman–Crippen LogP) is 9.12. The lowest BCUT2D eigenvalue weighted by molar-refractivity contribution is -0.138. The molecular weight excluding hydrogens is 576 g/mol. The van der Waals surface area contributed by atoms with E-state index >= 15 is 0 Å². The van der Waals surface area contributed by atoms with Crippen molar-refractivity contribution >= 4 is 56.0 Å². The van der Waals surface area contributed by atoms with Gasteiger partial charge in [-0.1, -0.05) is 91.6 Å². The van der Waals surface area contributed by atoms with Gasteiger partial charge in [0.05, 0.1) is 16.8 Å². The molecule has 202 valence electrons. The Kier molecular flexibility index (Phi) is 8.48. The van der Waals surface area contributed by atoms with Crippen molar-refractivity contribution in [3.8, 4) is 11.3 Å². The van der Waals surface area contributed by atoms with Crippen LogP contribution in [0.5, 0.6) is 0 Å². The summed E-state index contributed by atoms with van der Waals surface area (Å²) in [5.41, 5.74) is 4.67. The van der Waals surface area contributed by atoms with Gasteiger partial charge in [0, 0.05) is 32.6 Å². The van der Waals surface area contributed by atoms with Gasteiger partial charge in [-0.15, -0.1) is 0 Å². The first-order valence-electron chi connectivity index (χ1n) is 12.8. The van der Waals surface area contributed by atoms with Gasteiger partial charge in [-0.3, -0.25) is 9.59 Å². The molecule has 2 N–H and O–H groups in total. The van der Waals surface area contributed by atoms with E-state index in [0.29, 0.717) is 21.8 Å². The summed E-state index contributed by atoms with van der Waals surface area (Å²) in [6.07, 6.45) is -0.0108. The molecular formula is C32H32BrClN2O3. The van der Waals surface area contributed by atoms with E-state index in [1.54, 1.807) is 12.1 Å². The number of aliphatic carboxylic acids is 1.